The fourth-order valence-electron chi connectivity index (χ4n) is 1.46. The van der Waals surface area contributed by atoms with E-state index in [-0.39, 0.29) is 17.2 Å². The Morgan fingerprint density at radius 1 is 1.63 bits per heavy atom. The van der Waals surface area contributed by atoms with Crippen molar-refractivity contribution in [1.82, 2.24) is 14.9 Å². The summed E-state index contributed by atoms with van der Waals surface area (Å²) in [6, 6.07) is 1.34. The molecule has 0 fully saturated rings. The molecule has 0 bridgehead atoms. The van der Waals surface area contributed by atoms with Crippen LogP contribution in [0.5, 0.6) is 5.75 Å². The van der Waals surface area contributed by atoms with Crippen molar-refractivity contribution in [2.75, 3.05) is 0 Å². The van der Waals surface area contributed by atoms with E-state index >= 15 is 0 Å². The van der Waals surface area contributed by atoms with Crippen LogP contribution < -0.4 is 10.1 Å². The van der Waals surface area contributed by atoms with Crippen LogP contribution in [0.3, 0.4) is 0 Å². The summed E-state index contributed by atoms with van der Waals surface area (Å²) in [7, 11) is 1.80. The predicted molar refractivity (Wildman–Crippen MR) is 65.3 cm³/mol. The number of carbonyl (C=O) groups excluding carboxylic acids is 1. The second-order valence-electron chi connectivity index (χ2n) is 3.63. The number of amides is 1. The van der Waals surface area contributed by atoms with Crippen LogP contribution >= 0.6 is 11.3 Å². The summed E-state index contributed by atoms with van der Waals surface area (Å²) in [5.74, 6) is 0.0900. The third-order valence-electron chi connectivity index (χ3n) is 2.38. The summed E-state index contributed by atoms with van der Waals surface area (Å²) in [5.41, 5.74) is 0. The zero-order chi connectivity index (χ0) is 13.8. The van der Waals surface area contributed by atoms with Crippen LogP contribution in [0.1, 0.15) is 15.5 Å². The van der Waals surface area contributed by atoms with Crippen molar-refractivity contribution >= 4 is 17.2 Å². The Morgan fingerprint density at radius 2 is 2.42 bits per heavy atom. The molecule has 2 aromatic rings. The van der Waals surface area contributed by atoms with Crippen molar-refractivity contribution in [3.8, 4) is 5.75 Å². The normalized spacial score (nSPS) is 10.7. The summed E-state index contributed by atoms with van der Waals surface area (Å²) in [6.45, 7) is -2.73. The first-order valence-corrected chi connectivity index (χ1v) is 6.22. The monoisotopic (exact) mass is 287 g/mol. The second kappa shape index (κ2) is 5.79. The lowest BCUT2D eigenvalue weighted by Gasteiger charge is -2.07. The SMILES string of the molecule is Cn1ccnc1CNC(=O)c1sccc1OC(F)F. The van der Waals surface area contributed by atoms with E-state index in [4.69, 9.17) is 0 Å². The van der Waals surface area contributed by atoms with Gasteiger partial charge in [-0.2, -0.15) is 8.78 Å². The zero-order valence-electron chi connectivity index (χ0n) is 9.97. The number of nitrogens with zero attached hydrogens (tertiary/aromatic N) is 2. The van der Waals surface area contributed by atoms with Gasteiger partial charge in [-0.1, -0.05) is 0 Å². The smallest absolute Gasteiger partial charge is 0.387 e. The number of carbonyl (C=O) groups is 1. The zero-order valence-corrected chi connectivity index (χ0v) is 10.8. The topological polar surface area (TPSA) is 56.2 Å². The fourth-order valence-corrected chi connectivity index (χ4v) is 2.20. The average molecular weight is 287 g/mol. The molecular formula is C11H11F2N3O2S. The van der Waals surface area contributed by atoms with Crippen LogP contribution in [0.15, 0.2) is 23.8 Å². The molecule has 0 atom stereocenters. The number of aryl methyl sites for hydroxylation is 1. The number of thiophene rings is 1. The molecule has 0 aliphatic heterocycles. The Kier molecular flexibility index (Phi) is 4.10. The molecule has 0 spiro atoms. The van der Waals surface area contributed by atoms with E-state index in [2.05, 4.69) is 15.0 Å². The third-order valence-corrected chi connectivity index (χ3v) is 3.27. The third kappa shape index (κ3) is 3.28. The lowest BCUT2D eigenvalue weighted by atomic mass is 10.4. The first kappa shape index (κ1) is 13.5. The minimum absolute atomic E-state index is 0.114. The van der Waals surface area contributed by atoms with Crippen molar-refractivity contribution in [3.63, 3.8) is 0 Å². The predicted octanol–water partition coefficient (Wildman–Crippen LogP) is 2.01. The molecule has 8 heteroatoms. The van der Waals surface area contributed by atoms with Crippen molar-refractivity contribution in [2.24, 2.45) is 7.05 Å². The minimum Gasteiger partial charge on any atom is -0.433 e. The number of rotatable bonds is 5. The number of hydrogen-bond donors (Lipinski definition) is 1. The number of nitrogens with one attached hydrogen (secondary N) is 1. The first-order chi connectivity index (χ1) is 9.08. The highest BCUT2D eigenvalue weighted by Crippen LogP contribution is 2.26. The molecule has 0 saturated heterocycles. The number of alkyl halides is 2. The van der Waals surface area contributed by atoms with Crippen molar-refractivity contribution in [3.05, 3.63) is 34.5 Å². The standard InChI is InChI=1S/C11H11F2N3O2S/c1-16-4-3-14-8(16)6-15-10(17)9-7(2-5-19-9)18-11(12)13/h2-5,11H,6H2,1H3,(H,15,17). The van der Waals surface area contributed by atoms with Crippen molar-refractivity contribution in [2.45, 2.75) is 13.2 Å². The van der Waals surface area contributed by atoms with Crippen LogP contribution in [0, 0.1) is 0 Å². The largest absolute Gasteiger partial charge is 0.433 e. The minimum atomic E-state index is -2.95. The number of halogens is 2. The Morgan fingerprint density at radius 3 is 3.05 bits per heavy atom. The molecule has 0 aromatic carbocycles. The molecule has 0 aliphatic rings. The maximum atomic E-state index is 12.1. The van der Waals surface area contributed by atoms with Gasteiger partial charge in [0.15, 0.2) is 0 Å². The molecule has 0 aliphatic carbocycles. The number of hydrogen-bond acceptors (Lipinski definition) is 4. The Bertz CT molecular complexity index is 568. The van der Waals surface area contributed by atoms with Gasteiger partial charge in [-0.3, -0.25) is 4.79 Å². The highest BCUT2D eigenvalue weighted by Gasteiger charge is 2.17. The quantitative estimate of drug-likeness (QED) is 0.915. The first-order valence-electron chi connectivity index (χ1n) is 5.34. The second-order valence-corrected chi connectivity index (χ2v) is 4.55. The van der Waals surface area contributed by atoms with Gasteiger partial charge in [0.1, 0.15) is 16.5 Å². The van der Waals surface area contributed by atoms with Gasteiger partial charge >= 0.3 is 6.61 Å². The summed E-state index contributed by atoms with van der Waals surface area (Å²) in [5, 5.41) is 4.13. The van der Waals surface area contributed by atoms with E-state index < -0.39 is 12.5 Å². The summed E-state index contributed by atoms with van der Waals surface area (Å²) < 4.78 is 30.3. The van der Waals surface area contributed by atoms with Crippen LogP contribution in [0.25, 0.3) is 0 Å². The molecule has 5 nitrogen and oxygen atoms in total. The Balaban J connectivity index is 2.00. The maximum Gasteiger partial charge on any atom is 0.387 e. The molecular weight excluding hydrogens is 276 g/mol. The average Bonchev–Trinajstić information content (AvgIpc) is 2.95. The van der Waals surface area contributed by atoms with E-state index in [9.17, 15) is 13.6 Å². The molecule has 0 unspecified atom stereocenters. The molecule has 19 heavy (non-hydrogen) atoms. The Labute approximate surface area is 111 Å². The van der Waals surface area contributed by atoms with E-state index in [1.54, 1.807) is 24.0 Å². The molecule has 1 amide bonds. The fraction of sp³-hybridized carbons (Fsp3) is 0.273. The lowest BCUT2D eigenvalue weighted by Crippen LogP contribution is -2.24. The van der Waals surface area contributed by atoms with Gasteiger partial charge in [0.05, 0.1) is 6.54 Å². The summed E-state index contributed by atoms with van der Waals surface area (Å²) >= 11 is 1.04. The molecule has 2 heterocycles. The summed E-state index contributed by atoms with van der Waals surface area (Å²) in [6.07, 6.45) is 3.36. The van der Waals surface area contributed by atoms with Gasteiger partial charge in [0.2, 0.25) is 0 Å². The number of ether oxygens (including phenoxy) is 1. The van der Waals surface area contributed by atoms with Crippen LogP contribution in [-0.4, -0.2) is 22.1 Å². The molecule has 102 valence electrons. The molecule has 1 N–H and O–H groups in total. The molecule has 2 aromatic heterocycles. The van der Waals surface area contributed by atoms with E-state index in [1.165, 1.54) is 11.4 Å². The van der Waals surface area contributed by atoms with Crippen LogP contribution in [0.4, 0.5) is 8.78 Å². The number of aromatic nitrogens is 2. The maximum absolute atomic E-state index is 12.1. The van der Waals surface area contributed by atoms with Crippen molar-refractivity contribution < 1.29 is 18.3 Å². The Hall–Kier alpha value is -1.96. The van der Waals surface area contributed by atoms with Gasteiger partial charge < -0.3 is 14.6 Å². The van der Waals surface area contributed by atoms with Crippen LogP contribution in [-0.2, 0) is 13.6 Å². The highest BCUT2D eigenvalue weighted by atomic mass is 32.1. The summed E-state index contributed by atoms with van der Waals surface area (Å²) in [4.78, 5) is 16.0. The highest BCUT2D eigenvalue weighted by molar-refractivity contribution is 7.12. The van der Waals surface area contributed by atoms with E-state index in [0.29, 0.717) is 5.82 Å². The molecule has 0 saturated carbocycles. The van der Waals surface area contributed by atoms with Gasteiger partial charge in [0, 0.05) is 19.4 Å². The van der Waals surface area contributed by atoms with Crippen molar-refractivity contribution in [1.29, 1.82) is 0 Å². The van der Waals surface area contributed by atoms with E-state index in [0.717, 1.165) is 11.3 Å². The van der Waals surface area contributed by atoms with Gasteiger partial charge in [-0.25, -0.2) is 4.98 Å². The van der Waals surface area contributed by atoms with Gasteiger partial charge in [0.25, 0.3) is 5.91 Å². The van der Waals surface area contributed by atoms with Crippen LogP contribution in [0.2, 0.25) is 0 Å². The lowest BCUT2D eigenvalue weighted by molar-refractivity contribution is -0.0498. The van der Waals surface area contributed by atoms with E-state index in [1.807, 2.05) is 0 Å². The van der Waals surface area contributed by atoms with Gasteiger partial charge in [-0.05, 0) is 11.4 Å². The molecule has 2 rings (SSSR count). The van der Waals surface area contributed by atoms with Gasteiger partial charge in [-0.15, -0.1) is 11.3 Å². The molecule has 0 radical (unpaired) electrons. The number of imidazole rings is 1.